The zero-order valence-corrected chi connectivity index (χ0v) is 17.9. The summed E-state index contributed by atoms with van der Waals surface area (Å²) >= 11 is 5.90. The Morgan fingerprint density at radius 2 is 2.13 bits per heavy atom. The zero-order valence-electron chi connectivity index (χ0n) is 17.2. The van der Waals surface area contributed by atoms with Crippen molar-refractivity contribution in [2.45, 2.75) is 38.9 Å². The molecule has 8 nitrogen and oxygen atoms in total. The number of aryl methyl sites for hydroxylation is 1. The van der Waals surface area contributed by atoms with Gasteiger partial charge in [-0.1, -0.05) is 11.6 Å². The lowest BCUT2D eigenvalue weighted by molar-refractivity contribution is -0.119. The molecular weight excluding hydrogens is 406 g/mol. The first-order valence-corrected chi connectivity index (χ1v) is 10.3. The Bertz CT molecular complexity index is 974. The third-order valence-electron chi connectivity index (χ3n) is 4.64. The molecule has 1 amide bonds. The molecule has 30 heavy (non-hydrogen) atoms. The van der Waals surface area contributed by atoms with E-state index in [2.05, 4.69) is 20.3 Å². The van der Waals surface area contributed by atoms with Crippen LogP contribution in [0.5, 0.6) is 5.88 Å². The van der Waals surface area contributed by atoms with E-state index in [9.17, 15) is 4.79 Å². The molecule has 1 aliphatic carbocycles. The summed E-state index contributed by atoms with van der Waals surface area (Å²) in [7, 11) is 1.93. The van der Waals surface area contributed by atoms with Gasteiger partial charge in [-0.2, -0.15) is 0 Å². The van der Waals surface area contributed by atoms with E-state index >= 15 is 0 Å². The van der Waals surface area contributed by atoms with E-state index in [1.165, 1.54) is 32.5 Å². The largest absolute Gasteiger partial charge is 0.471 e. The lowest BCUT2D eigenvalue weighted by Crippen LogP contribution is -2.29. The summed E-state index contributed by atoms with van der Waals surface area (Å²) in [4.78, 5) is 22.9. The van der Waals surface area contributed by atoms with Gasteiger partial charge in [0.1, 0.15) is 18.6 Å². The number of nitrogens with zero attached hydrogens (tertiary/aromatic N) is 4. The number of fused-ring (bicyclic) bond motifs is 1. The van der Waals surface area contributed by atoms with Gasteiger partial charge >= 0.3 is 0 Å². The SMILES string of the molecule is CC(=O)NCCOC1CCC1.Cn1ccc2c(OCc3cc(Cl)ccn3)ncnc21. The number of nitrogens with one attached hydrogen (secondary N) is 1. The minimum absolute atomic E-state index is 0.0159. The third-order valence-corrected chi connectivity index (χ3v) is 4.88. The highest BCUT2D eigenvalue weighted by Crippen LogP contribution is 2.22. The predicted octanol–water partition coefficient (Wildman–Crippen LogP) is 3.29. The van der Waals surface area contributed by atoms with Crippen LogP contribution >= 0.6 is 11.6 Å². The molecule has 1 aliphatic rings. The molecule has 0 atom stereocenters. The van der Waals surface area contributed by atoms with Gasteiger partial charge in [-0.25, -0.2) is 9.97 Å². The lowest BCUT2D eigenvalue weighted by Gasteiger charge is -2.25. The standard InChI is InChI=1S/C13H11ClN4O.C8H15NO2/c1-18-5-3-11-12(18)16-8-17-13(11)19-7-10-6-9(14)2-4-15-10;1-7(10)9-5-6-11-8-3-2-4-8/h2-6,8H,7H2,1H3;8H,2-6H2,1H3,(H,9,10). The van der Waals surface area contributed by atoms with Crippen LogP contribution in [0.1, 0.15) is 31.9 Å². The molecule has 3 aromatic heterocycles. The van der Waals surface area contributed by atoms with Crippen LogP contribution in [-0.4, -0.2) is 44.7 Å². The van der Waals surface area contributed by atoms with E-state index in [1.54, 1.807) is 18.3 Å². The first kappa shape index (κ1) is 22.0. The maximum atomic E-state index is 10.4. The van der Waals surface area contributed by atoms with E-state index in [-0.39, 0.29) is 5.91 Å². The molecule has 3 aromatic rings. The van der Waals surface area contributed by atoms with Crippen molar-refractivity contribution < 1.29 is 14.3 Å². The highest BCUT2D eigenvalue weighted by Gasteiger charge is 2.17. The summed E-state index contributed by atoms with van der Waals surface area (Å²) in [6, 6.07) is 5.42. The number of halogens is 1. The monoisotopic (exact) mass is 431 g/mol. The number of hydrogen-bond donors (Lipinski definition) is 1. The molecule has 3 heterocycles. The van der Waals surface area contributed by atoms with E-state index < -0.39 is 0 Å². The van der Waals surface area contributed by atoms with Gasteiger partial charge in [-0.3, -0.25) is 9.78 Å². The first-order chi connectivity index (χ1) is 14.5. The Kier molecular flexibility index (Phi) is 7.98. The van der Waals surface area contributed by atoms with Gasteiger partial charge < -0.3 is 19.4 Å². The third kappa shape index (κ3) is 6.40. The van der Waals surface area contributed by atoms with Crippen LogP contribution in [0, 0.1) is 0 Å². The van der Waals surface area contributed by atoms with Crippen LogP contribution in [0.4, 0.5) is 0 Å². The van der Waals surface area contributed by atoms with E-state index in [1.807, 2.05) is 23.9 Å². The molecule has 0 aliphatic heterocycles. The number of amides is 1. The molecule has 0 aromatic carbocycles. The first-order valence-electron chi connectivity index (χ1n) is 9.88. The molecule has 4 rings (SSSR count). The van der Waals surface area contributed by atoms with Crippen LogP contribution in [-0.2, 0) is 23.2 Å². The molecule has 0 radical (unpaired) electrons. The van der Waals surface area contributed by atoms with Crippen molar-refractivity contribution in [2.24, 2.45) is 7.05 Å². The Labute approximate surface area is 180 Å². The topological polar surface area (TPSA) is 91.2 Å². The van der Waals surface area contributed by atoms with Gasteiger partial charge in [-0.15, -0.1) is 0 Å². The fourth-order valence-corrected chi connectivity index (χ4v) is 3.01. The van der Waals surface area contributed by atoms with Crippen molar-refractivity contribution in [1.82, 2.24) is 24.8 Å². The Morgan fingerprint density at radius 3 is 2.83 bits per heavy atom. The molecule has 1 saturated carbocycles. The van der Waals surface area contributed by atoms with Gasteiger partial charge in [-0.05, 0) is 37.5 Å². The summed E-state index contributed by atoms with van der Waals surface area (Å²) in [5.74, 6) is 0.564. The van der Waals surface area contributed by atoms with Crippen LogP contribution in [0.15, 0.2) is 36.9 Å². The Hall–Kier alpha value is -2.71. The average Bonchev–Trinajstić information content (AvgIpc) is 3.07. The van der Waals surface area contributed by atoms with Crippen molar-refractivity contribution in [2.75, 3.05) is 13.2 Å². The minimum Gasteiger partial charge on any atom is -0.471 e. The van der Waals surface area contributed by atoms with Crippen molar-refractivity contribution >= 4 is 28.5 Å². The van der Waals surface area contributed by atoms with Crippen molar-refractivity contribution in [3.63, 3.8) is 0 Å². The van der Waals surface area contributed by atoms with Crippen LogP contribution < -0.4 is 10.1 Å². The molecule has 1 N–H and O–H groups in total. The van der Waals surface area contributed by atoms with Crippen LogP contribution in [0.3, 0.4) is 0 Å². The molecule has 0 spiro atoms. The van der Waals surface area contributed by atoms with Gasteiger partial charge in [0, 0.05) is 37.9 Å². The molecule has 0 unspecified atom stereocenters. The molecule has 9 heteroatoms. The molecule has 160 valence electrons. The predicted molar refractivity (Wildman–Crippen MR) is 114 cm³/mol. The fourth-order valence-electron chi connectivity index (χ4n) is 2.83. The second kappa shape index (κ2) is 10.9. The number of carbonyl (C=O) groups is 1. The molecule has 0 bridgehead atoms. The normalized spacial score (nSPS) is 13.3. The van der Waals surface area contributed by atoms with Gasteiger partial charge in [0.2, 0.25) is 11.8 Å². The van der Waals surface area contributed by atoms with Crippen LogP contribution in [0.2, 0.25) is 5.02 Å². The van der Waals surface area contributed by atoms with Gasteiger partial charge in [0.25, 0.3) is 0 Å². The van der Waals surface area contributed by atoms with Crippen molar-refractivity contribution in [1.29, 1.82) is 0 Å². The minimum atomic E-state index is 0.0159. The quantitative estimate of drug-likeness (QED) is 0.577. The fraction of sp³-hybridized carbons (Fsp3) is 0.429. The van der Waals surface area contributed by atoms with Crippen molar-refractivity contribution in [3.05, 3.63) is 47.6 Å². The van der Waals surface area contributed by atoms with E-state index in [0.29, 0.717) is 36.8 Å². The number of carbonyl (C=O) groups excluding carboxylic acids is 1. The van der Waals surface area contributed by atoms with Gasteiger partial charge in [0.05, 0.1) is 23.8 Å². The summed E-state index contributed by atoms with van der Waals surface area (Å²) in [5.41, 5.74) is 1.60. The van der Waals surface area contributed by atoms with Crippen molar-refractivity contribution in [3.8, 4) is 5.88 Å². The Morgan fingerprint density at radius 1 is 1.30 bits per heavy atom. The number of aromatic nitrogens is 4. The van der Waals surface area contributed by atoms with E-state index in [0.717, 1.165) is 16.7 Å². The summed E-state index contributed by atoms with van der Waals surface area (Å²) in [5, 5.41) is 4.21. The average molecular weight is 432 g/mol. The highest BCUT2D eigenvalue weighted by molar-refractivity contribution is 6.30. The number of hydrogen-bond acceptors (Lipinski definition) is 6. The van der Waals surface area contributed by atoms with Gasteiger partial charge in [0.15, 0.2) is 0 Å². The maximum absolute atomic E-state index is 10.4. The Balaban J connectivity index is 0.000000199. The maximum Gasteiger partial charge on any atom is 0.226 e. The number of ether oxygens (including phenoxy) is 2. The summed E-state index contributed by atoms with van der Waals surface area (Å²) in [6.45, 7) is 3.14. The van der Waals surface area contributed by atoms with E-state index in [4.69, 9.17) is 21.1 Å². The zero-order chi connectivity index (χ0) is 21.3. The smallest absolute Gasteiger partial charge is 0.226 e. The van der Waals surface area contributed by atoms with Crippen LogP contribution in [0.25, 0.3) is 11.0 Å². The summed E-state index contributed by atoms with van der Waals surface area (Å²) in [6.07, 6.45) is 9.22. The second-order valence-electron chi connectivity index (χ2n) is 7.00. The highest BCUT2D eigenvalue weighted by atomic mass is 35.5. The molecule has 0 saturated heterocycles. The molecule has 1 fully saturated rings. The number of pyridine rings is 1. The lowest BCUT2D eigenvalue weighted by atomic mass is 9.96. The molecular formula is C21H26ClN5O3. The number of rotatable bonds is 7. The summed E-state index contributed by atoms with van der Waals surface area (Å²) < 4.78 is 13.0. The second-order valence-corrected chi connectivity index (χ2v) is 7.44.